The van der Waals surface area contributed by atoms with Gasteiger partial charge in [-0.1, -0.05) is 48.5 Å². The molecular weight excluding hydrogens is 374 g/mol. The molecule has 2 heterocycles. The van der Waals surface area contributed by atoms with Gasteiger partial charge in [-0.25, -0.2) is 4.68 Å². The standard InChI is InChI=1S/C24H23N5O/c1-17-23(18(2)28(3)26-17)25-22(30)15-14-20-16-29(21-12-8-5-9-13-21)27-24(20)19-10-6-4-7-11-19/h4-16H,1-3H3,(H,25,30)/b15-14+. The lowest BCUT2D eigenvalue weighted by Crippen LogP contribution is -2.09. The molecule has 1 N–H and O–H groups in total. The molecule has 1 amide bonds. The summed E-state index contributed by atoms with van der Waals surface area (Å²) in [6.07, 6.45) is 5.26. The number of benzene rings is 2. The number of carbonyl (C=O) groups excluding carboxylic acids is 1. The summed E-state index contributed by atoms with van der Waals surface area (Å²) in [5.41, 5.74) is 6.08. The molecule has 0 aliphatic carbocycles. The second kappa shape index (κ2) is 8.21. The average molecular weight is 397 g/mol. The first-order valence-electron chi connectivity index (χ1n) is 9.72. The number of amides is 1. The van der Waals surface area contributed by atoms with Crippen LogP contribution in [0, 0.1) is 13.8 Å². The van der Waals surface area contributed by atoms with Gasteiger partial charge in [-0.3, -0.25) is 9.48 Å². The lowest BCUT2D eigenvalue weighted by atomic mass is 10.1. The second-order valence-corrected chi connectivity index (χ2v) is 7.07. The van der Waals surface area contributed by atoms with E-state index in [1.807, 2.05) is 92.4 Å². The third-order valence-corrected chi connectivity index (χ3v) is 4.98. The number of carbonyl (C=O) groups is 1. The maximum atomic E-state index is 12.6. The van der Waals surface area contributed by atoms with Crippen LogP contribution in [0.15, 0.2) is 72.9 Å². The minimum atomic E-state index is -0.208. The number of nitrogens with one attached hydrogen (secondary N) is 1. The molecule has 0 bridgehead atoms. The van der Waals surface area contributed by atoms with E-state index in [0.717, 1.165) is 39.6 Å². The summed E-state index contributed by atoms with van der Waals surface area (Å²) >= 11 is 0. The highest BCUT2D eigenvalue weighted by Crippen LogP contribution is 2.25. The van der Waals surface area contributed by atoms with Gasteiger partial charge in [-0.2, -0.15) is 10.2 Å². The fourth-order valence-electron chi connectivity index (χ4n) is 3.33. The average Bonchev–Trinajstić information content (AvgIpc) is 3.30. The van der Waals surface area contributed by atoms with Crippen LogP contribution in [0.5, 0.6) is 0 Å². The number of aryl methyl sites for hydroxylation is 2. The monoisotopic (exact) mass is 397 g/mol. The molecule has 0 spiro atoms. The first-order chi connectivity index (χ1) is 14.5. The Kier molecular flexibility index (Phi) is 5.30. The second-order valence-electron chi connectivity index (χ2n) is 7.07. The van der Waals surface area contributed by atoms with E-state index < -0.39 is 0 Å². The molecule has 2 aromatic heterocycles. The summed E-state index contributed by atoms with van der Waals surface area (Å²) in [4.78, 5) is 12.6. The molecule has 2 aromatic carbocycles. The van der Waals surface area contributed by atoms with E-state index in [1.165, 1.54) is 6.08 Å². The SMILES string of the molecule is Cc1nn(C)c(C)c1NC(=O)/C=C/c1cn(-c2ccccc2)nc1-c1ccccc1. The smallest absolute Gasteiger partial charge is 0.248 e. The minimum absolute atomic E-state index is 0.208. The van der Waals surface area contributed by atoms with Gasteiger partial charge in [0.2, 0.25) is 5.91 Å². The molecule has 0 saturated carbocycles. The summed E-state index contributed by atoms with van der Waals surface area (Å²) in [7, 11) is 1.86. The van der Waals surface area contributed by atoms with E-state index in [4.69, 9.17) is 5.10 Å². The Morgan fingerprint density at radius 2 is 1.63 bits per heavy atom. The number of nitrogens with zero attached hydrogens (tertiary/aromatic N) is 4. The summed E-state index contributed by atoms with van der Waals surface area (Å²) in [5.74, 6) is -0.208. The summed E-state index contributed by atoms with van der Waals surface area (Å²) in [6, 6.07) is 19.9. The van der Waals surface area contributed by atoms with Crippen molar-refractivity contribution in [3.63, 3.8) is 0 Å². The van der Waals surface area contributed by atoms with Gasteiger partial charge in [-0.15, -0.1) is 0 Å². The number of aromatic nitrogens is 4. The van der Waals surface area contributed by atoms with Gasteiger partial charge in [0.15, 0.2) is 0 Å². The van der Waals surface area contributed by atoms with Gasteiger partial charge in [0, 0.05) is 30.4 Å². The predicted octanol–water partition coefficient (Wildman–Crippen LogP) is 4.54. The van der Waals surface area contributed by atoms with Crippen molar-refractivity contribution >= 4 is 17.7 Å². The fraction of sp³-hybridized carbons (Fsp3) is 0.125. The van der Waals surface area contributed by atoms with Gasteiger partial charge in [0.25, 0.3) is 0 Å². The van der Waals surface area contributed by atoms with Gasteiger partial charge < -0.3 is 5.32 Å². The van der Waals surface area contributed by atoms with Crippen LogP contribution in [0.25, 0.3) is 23.0 Å². The molecule has 30 heavy (non-hydrogen) atoms. The number of hydrogen-bond acceptors (Lipinski definition) is 3. The molecule has 6 heteroatoms. The van der Waals surface area contributed by atoms with Crippen molar-refractivity contribution in [1.82, 2.24) is 19.6 Å². The number of hydrogen-bond donors (Lipinski definition) is 1. The molecule has 150 valence electrons. The summed E-state index contributed by atoms with van der Waals surface area (Å²) < 4.78 is 3.58. The van der Waals surface area contributed by atoms with Crippen molar-refractivity contribution in [2.75, 3.05) is 5.32 Å². The third-order valence-electron chi connectivity index (χ3n) is 4.98. The normalized spacial score (nSPS) is 11.2. The Hall–Kier alpha value is -3.93. The molecule has 0 unspecified atom stereocenters. The Bertz CT molecular complexity index is 1200. The molecule has 0 aliphatic rings. The van der Waals surface area contributed by atoms with Crippen LogP contribution in [-0.4, -0.2) is 25.5 Å². The quantitative estimate of drug-likeness (QED) is 0.503. The van der Waals surface area contributed by atoms with Crippen LogP contribution in [0.4, 0.5) is 5.69 Å². The van der Waals surface area contributed by atoms with Crippen LogP contribution in [-0.2, 0) is 11.8 Å². The van der Waals surface area contributed by atoms with Crippen LogP contribution in [0.3, 0.4) is 0 Å². The minimum Gasteiger partial charge on any atom is -0.319 e. The van der Waals surface area contributed by atoms with E-state index >= 15 is 0 Å². The molecule has 0 atom stereocenters. The van der Waals surface area contributed by atoms with Crippen molar-refractivity contribution in [2.45, 2.75) is 13.8 Å². The van der Waals surface area contributed by atoms with Crippen LogP contribution < -0.4 is 5.32 Å². The zero-order chi connectivity index (χ0) is 21.1. The Labute approximate surface area is 175 Å². The Balaban J connectivity index is 1.65. The topological polar surface area (TPSA) is 64.7 Å². The largest absolute Gasteiger partial charge is 0.319 e. The van der Waals surface area contributed by atoms with E-state index in [1.54, 1.807) is 10.8 Å². The Morgan fingerprint density at radius 1 is 0.967 bits per heavy atom. The fourth-order valence-corrected chi connectivity index (χ4v) is 3.33. The first kappa shape index (κ1) is 19.4. The van der Waals surface area contributed by atoms with Crippen LogP contribution in [0.2, 0.25) is 0 Å². The van der Waals surface area contributed by atoms with E-state index in [0.29, 0.717) is 0 Å². The maximum Gasteiger partial charge on any atom is 0.248 e. The predicted molar refractivity (Wildman–Crippen MR) is 119 cm³/mol. The van der Waals surface area contributed by atoms with Gasteiger partial charge in [-0.05, 0) is 32.1 Å². The van der Waals surface area contributed by atoms with Crippen LogP contribution >= 0.6 is 0 Å². The van der Waals surface area contributed by atoms with Gasteiger partial charge in [0.1, 0.15) is 0 Å². The van der Waals surface area contributed by atoms with Crippen molar-refractivity contribution in [1.29, 1.82) is 0 Å². The Morgan fingerprint density at radius 3 is 2.27 bits per heavy atom. The number of para-hydroxylation sites is 1. The van der Waals surface area contributed by atoms with Crippen molar-refractivity contribution in [2.24, 2.45) is 7.05 Å². The van der Waals surface area contributed by atoms with E-state index in [-0.39, 0.29) is 5.91 Å². The zero-order valence-corrected chi connectivity index (χ0v) is 17.2. The third kappa shape index (κ3) is 3.93. The summed E-state index contributed by atoms with van der Waals surface area (Å²) in [5, 5.41) is 12.0. The summed E-state index contributed by atoms with van der Waals surface area (Å²) in [6.45, 7) is 3.81. The lowest BCUT2D eigenvalue weighted by Gasteiger charge is -2.02. The zero-order valence-electron chi connectivity index (χ0n) is 17.2. The van der Waals surface area contributed by atoms with Crippen molar-refractivity contribution in [3.05, 3.63) is 89.9 Å². The van der Waals surface area contributed by atoms with Crippen molar-refractivity contribution < 1.29 is 4.79 Å². The highest BCUT2D eigenvalue weighted by Gasteiger charge is 2.13. The highest BCUT2D eigenvalue weighted by molar-refractivity contribution is 6.03. The van der Waals surface area contributed by atoms with Gasteiger partial charge >= 0.3 is 0 Å². The highest BCUT2D eigenvalue weighted by atomic mass is 16.1. The molecule has 0 aliphatic heterocycles. The molecule has 6 nitrogen and oxygen atoms in total. The molecule has 0 saturated heterocycles. The lowest BCUT2D eigenvalue weighted by molar-refractivity contribution is -0.111. The number of anilines is 1. The molecular formula is C24H23N5O. The molecule has 0 fully saturated rings. The van der Waals surface area contributed by atoms with Gasteiger partial charge in [0.05, 0.1) is 28.5 Å². The van der Waals surface area contributed by atoms with Crippen LogP contribution in [0.1, 0.15) is 17.0 Å². The van der Waals surface area contributed by atoms with Crippen molar-refractivity contribution in [3.8, 4) is 16.9 Å². The maximum absolute atomic E-state index is 12.6. The first-order valence-corrected chi connectivity index (χ1v) is 9.72. The van der Waals surface area contributed by atoms with E-state index in [2.05, 4.69) is 10.4 Å². The molecule has 4 aromatic rings. The molecule has 4 rings (SSSR count). The number of rotatable bonds is 5. The molecule has 0 radical (unpaired) electrons. The van der Waals surface area contributed by atoms with E-state index in [9.17, 15) is 4.79 Å².